The standard InChI is InChI=1S/C11H8BrNO3/c1-2-16-11(15)10-8(5-13)3-7(6-14)4-9(10)12/h3-4,6H,2H2,1H3. The number of aldehydes is 1. The van der Waals surface area contributed by atoms with E-state index in [2.05, 4.69) is 15.9 Å². The van der Waals surface area contributed by atoms with Crippen molar-refractivity contribution in [1.82, 2.24) is 0 Å². The zero-order valence-electron chi connectivity index (χ0n) is 8.49. The number of esters is 1. The molecule has 0 heterocycles. The third-order valence-corrected chi connectivity index (χ3v) is 2.47. The summed E-state index contributed by atoms with van der Waals surface area (Å²) in [5.41, 5.74) is 0.598. The molecule has 0 unspecified atom stereocenters. The summed E-state index contributed by atoms with van der Waals surface area (Å²) in [5.74, 6) is -0.580. The third-order valence-electron chi connectivity index (χ3n) is 1.85. The molecule has 1 rings (SSSR count). The Morgan fingerprint density at radius 1 is 1.62 bits per heavy atom. The summed E-state index contributed by atoms with van der Waals surface area (Å²) < 4.78 is 5.20. The van der Waals surface area contributed by atoms with Gasteiger partial charge >= 0.3 is 5.97 Å². The second kappa shape index (κ2) is 5.42. The molecule has 0 saturated heterocycles. The van der Waals surface area contributed by atoms with Crippen molar-refractivity contribution < 1.29 is 14.3 Å². The number of carbonyl (C=O) groups is 2. The molecule has 16 heavy (non-hydrogen) atoms. The van der Waals surface area contributed by atoms with Crippen LogP contribution in [0.1, 0.15) is 33.2 Å². The molecule has 0 radical (unpaired) electrons. The van der Waals surface area contributed by atoms with Crippen molar-refractivity contribution in [2.24, 2.45) is 0 Å². The maximum Gasteiger partial charge on any atom is 0.340 e. The number of halogens is 1. The molecule has 5 heteroatoms. The first-order valence-corrected chi connectivity index (χ1v) is 5.29. The van der Waals surface area contributed by atoms with E-state index in [0.717, 1.165) is 0 Å². The van der Waals surface area contributed by atoms with Gasteiger partial charge in [-0.3, -0.25) is 4.79 Å². The van der Waals surface area contributed by atoms with Crippen LogP contribution in [0.25, 0.3) is 0 Å². The number of hydrogen-bond acceptors (Lipinski definition) is 4. The molecule has 0 bridgehead atoms. The van der Waals surface area contributed by atoms with E-state index < -0.39 is 5.97 Å². The Labute approximate surface area is 101 Å². The lowest BCUT2D eigenvalue weighted by molar-refractivity contribution is 0.0524. The lowest BCUT2D eigenvalue weighted by atomic mass is 10.1. The summed E-state index contributed by atoms with van der Waals surface area (Å²) in [6.45, 7) is 1.91. The second-order valence-electron chi connectivity index (χ2n) is 2.88. The van der Waals surface area contributed by atoms with E-state index in [0.29, 0.717) is 16.3 Å². The van der Waals surface area contributed by atoms with Gasteiger partial charge in [0, 0.05) is 10.0 Å². The van der Waals surface area contributed by atoms with Crippen molar-refractivity contribution in [1.29, 1.82) is 5.26 Å². The fraction of sp³-hybridized carbons (Fsp3) is 0.182. The van der Waals surface area contributed by atoms with E-state index in [9.17, 15) is 9.59 Å². The predicted molar refractivity (Wildman–Crippen MR) is 60.2 cm³/mol. The first-order valence-electron chi connectivity index (χ1n) is 4.50. The Morgan fingerprint density at radius 2 is 2.31 bits per heavy atom. The van der Waals surface area contributed by atoms with Crippen LogP contribution in [-0.2, 0) is 4.74 Å². The van der Waals surface area contributed by atoms with Crippen LogP contribution >= 0.6 is 15.9 Å². The smallest absolute Gasteiger partial charge is 0.340 e. The Balaban J connectivity index is 3.33. The van der Waals surface area contributed by atoms with Crippen molar-refractivity contribution >= 4 is 28.2 Å². The van der Waals surface area contributed by atoms with Gasteiger partial charge in [0.2, 0.25) is 0 Å². The SMILES string of the molecule is CCOC(=O)c1c(Br)cc(C=O)cc1C#N. The molecule has 0 aliphatic rings. The van der Waals surface area contributed by atoms with Gasteiger partial charge in [-0.1, -0.05) is 0 Å². The topological polar surface area (TPSA) is 67.2 Å². The summed E-state index contributed by atoms with van der Waals surface area (Å²) in [5, 5.41) is 8.89. The van der Waals surface area contributed by atoms with Gasteiger partial charge in [0.15, 0.2) is 0 Å². The average Bonchev–Trinajstić information content (AvgIpc) is 2.27. The summed E-state index contributed by atoms with van der Waals surface area (Å²) in [7, 11) is 0. The number of benzene rings is 1. The molecule has 0 atom stereocenters. The van der Waals surface area contributed by atoms with E-state index in [1.165, 1.54) is 12.1 Å². The number of hydrogen-bond donors (Lipinski definition) is 0. The minimum Gasteiger partial charge on any atom is -0.462 e. The molecule has 0 spiro atoms. The molecule has 82 valence electrons. The van der Waals surface area contributed by atoms with Crippen LogP contribution in [0.2, 0.25) is 0 Å². The number of ether oxygens (including phenoxy) is 1. The van der Waals surface area contributed by atoms with Gasteiger partial charge in [-0.15, -0.1) is 0 Å². The second-order valence-corrected chi connectivity index (χ2v) is 3.73. The van der Waals surface area contributed by atoms with Gasteiger partial charge in [-0.05, 0) is 35.0 Å². The van der Waals surface area contributed by atoms with Crippen LogP contribution in [0, 0.1) is 11.3 Å². The Kier molecular flexibility index (Phi) is 4.20. The fourth-order valence-electron chi connectivity index (χ4n) is 1.19. The van der Waals surface area contributed by atoms with Crippen LogP contribution in [0.15, 0.2) is 16.6 Å². The summed E-state index contributed by atoms with van der Waals surface area (Å²) >= 11 is 3.14. The molecule has 0 N–H and O–H groups in total. The highest BCUT2D eigenvalue weighted by atomic mass is 79.9. The number of rotatable bonds is 3. The van der Waals surface area contributed by atoms with Gasteiger partial charge in [-0.25, -0.2) is 4.79 Å². The van der Waals surface area contributed by atoms with E-state index in [4.69, 9.17) is 10.00 Å². The molecular weight excluding hydrogens is 274 g/mol. The maximum atomic E-state index is 11.6. The quantitative estimate of drug-likeness (QED) is 0.630. The highest BCUT2D eigenvalue weighted by molar-refractivity contribution is 9.10. The van der Waals surface area contributed by atoms with Gasteiger partial charge in [0.1, 0.15) is 12.4 Å². The number of carbonyl (C=O) groups excluding carboxylic acids is 2. The van der Waals surface area contributed by atoms with Gasteiger partial charge in [0.05, 0.1) is 17.7 Å². The van der Waals surface area contributed by atoms with Crippen molar-refractivity contribution in [3.8, 4) is 6.07 Å². The normalized spacial score (nSPS) is 9.31. The first kappa shape index (κ1) is 12.4. The van der Waals surface area contributed by atoms with Crippen LogP contribution in [0.5, 0.6) is 0 Å². The van der Waals surface area contributed by atoms with Crippen LogP contribution in [0.3, 0.4) is 0 Å². The van der Waals surface area contributed by atoms with Gasteiger partial charge in [-0.2, -0.15) is 5.26 Å². The molecule has 0 aliphatic carbocycles. The van der Waals surface area contributed by atoms with Crippen LogP contribution < -0.4 is 0 Å². The zero-order chi connectivity index (χ0) is 12.1. The largest absolute Gasteiger partial charge is 0.462 e. The molecule has 4 nitrogen and oxygen atoms in total. The Morgan fingerprint density at radius 3 is 2.81 bits per heavy atom. The molecule has 0 aliphatic heterocycles. The third kappa shape index (κ3) is 2.47. The van der Waals surface area contributed by atoms with E-state index >= 15 is 0 Å². The molecule has 0 amide bonds. The molecule has 1 aromatic rings. The minimum absolute atomic E-state index is 0.120. The monoisotopic (exact) mass is 281 g/mol. The van der Waals surface area contributed by atoms with Gasteiger partial charge < -0.3 is 4.74 Å². The van der Waals surface area contributed by atoms with Gasteiger partial charge in [0.25, 0.3) is 0 Å². The fourth-order valence-corrected chi connectivity index (χ4v) is 1.83. The van der Waals surface area contributed by atoms with Crippen LogP contribution in [0.4, 0.5) is 0 Å². The first-order chi connectivity index (χ1) is 7.63. The molecule has 1 aromatic carbocycles. The van der Waals surface area contributed by atoms with E-state index in [1.807, 2.05) is 6.07 Å². The highest BCUT2D eigenvalue weighted by Crippen LogP contribution is 2.23. The highest BCUT2D eigenvalue weighted by Gasteiger charge is 2.17. The summed E-state index contributed by atoms with van der Waals surface area (Å²) in [6, 6.07) is 4.68. The van der Waals surface area contributed by atoms with E-state index in [-0.39, 0.29) is 17.7 Å². The summed E-state index contributed by atoms with van der Waals surface area (Å²) in [6.07, 6.45) is 0.612. The minimum atomic E-state index is -0.580. The maximum absolute atomic E-state index is 11.6. The lowest BCUT2D eigenvalue weighted by Gasteiger charge is -2.06. The van der Waals surface area contributed by atoms with Crippen LogP contribution in [-0.4, -0.2) is 18.9 Å². The number of nitrogens with zero attached hydrogens (tertiary/aromatic N) is 1. The predicted octanol–water partition coefficient (Wildman–Crippen LogP) is 2.31. The molecular formula is C11H8BrNO3. The average molecular weight is 282 g/mol. The Hall–Kier alpha value is -1.67. The molecule has 0 saturated carbocycles. The van der Waals surface area contributed by atoms with Crippen molar-refractivity contribution in [3.63, 3.8) is 0 Å². The van der Waals surface area contributed by atoms with Crippen molar-refractivity contribution in [3.05, 3.63) is 33.3 Å². The molecule has 0 fully saturated rings. The number of nitriles is 1. The summed E-state index contributed by atoms with van der Waals surface area (Å²) in [4.78, 5) is 22.1. The lowest BCUT2D eigenvalue weighted by Crippen LogP contribution is -2.08. The van der Waals surface area contributed by atoms with Crippen molar-refractivity contribution in [2.45, 2.75) is 6.92 Å². The zero-order valence-corrected chi connectivity index (χ0v) is 10.1. The Bertz CT molecular complexity index is 477. The molecule has 0 aromatic heterocycles. The van der Waals surface area contributed by atoms with Crippen molar-refractivity contribution in [2.75, 3.05) is 6.61 Å². The van der Waals surface area contributed by atoms with E-state index in [1.54, 1.807) is 6.92 Å².